The Labute approximate surface area is 131 Å². The summed E-state index contributed by atoms with van der Waals surface area (Å²) in [4.78, 5) is 0. The molecule has 0 aliphatic heterocycles. The second-order valence-electron chi connectivity index (χ2n) is 6.35. The highest BCUT2D eigenvalue weighted by atomic mass is 79.9. The number of benzene rings is 1. The van der Waals surface area contributed by atoms with Crippen molar-refractivity contribution in [1.29, 1.82) is 0 Å². The molecule has 1 aromatic rings. The fourth-order valence-electron chi connectivity index (χ4n) is 1.48. The average Bonchev–Trinajstić information content (AvgIpc) is 2.35. The van der Waals surface area contributed by atoms with Crippen LogP contribution in [0.4, 0.5) is 0 Å². The summed E-state index contributed by atoms with van der Waals surface area (Å²) in [7, 11) is 1.53. The summed E-state index contributed by atoms with van der Waals surface area (Å²) in [6.45, 7) is 11.8. The van der Waals surface area contributed by atoms with Crippen LogP contribution >= 0.6 is 15.9 Å². The van der Waals surface area contributed by atoms with Crippen LogP contribution in [0.1, 0.15) is 26.3 Å². The maximum Gasteiger partial charge on any atom is 0.192 e. The van der Waals surface area contributed by atoms with Crippen molar-refractivity contribution in [2.24, 2.45) is 0 Å². The lowest BCUT2D eigenvalue weighted by atomic mass is 10.2. The van der Waals surface area contributed by atoms with Crippen LogP contribution in [-0.2, 0) is 11.0 Å². The molecule has 0 atom stereocenters. The fourth-order valence-corrected chi connectivity index (χ4v) is 2.87. The molecule has 20 heavy (non-hydrogen) atoms. The van der Waals surface area contributed by atoms with Gasteiger partial charge in [-0.15, -0.1) is 0 Å². The van der Waals surface area contributed by atoms with Crippen molar-refractivity contribution in [2.45, 2.75) is 45.5 Å². The Morgan fingerprint density at radius 3 is 2.00 bits per heavy atom. The molecule has 114 valence electrons. The molecule has 0 amide bonds. The number of methoxy groups -OCH3 is 2. The standard InChI is InChI=1S/C15H25BrO3Si/c1-15(2,3)20(6,7)19-10-11-8-13(17-4)14(18-5)9-12(11)16/h8-9H,10H2,1-7H3. The van der Waals surface area contributed by atoms with Crippen LogP contribution in [0.5, 0.6) is 11.5 Å². The highest BCUT2D eigenvalue weighted by molar-refractivity contribution is 9.10. The van der Waals surface area contributed by atoms with Gasteiger partial charge in [0.1, 0.15) is 0 Å². The SMILES string of the molecule is COc1cc(Br)c(CO[Si](C)(C)C(C)(C)C)cc1OC. The smallest absolute Gasteiger partial charge is 0.192 e. The van der Waals surface area contributed by atoms with Gasteiger partial charge in [0.2, 0.25) is 0 Å². The summed E-state index contributed by atoms with van der Waals surface area (Å²) >= 11 is 3.57. The molecule has 0 radical (unpaired) electrons. The third kappa shape index (κ3) is 3.99. The van der Waals surface area contributed by atoms with Crippen LogP contribution < -0.4 is 9.47 Å². The molecule has 5 heteroatoms. The molecule has 1 aromatic carbocycles. The van der Waals surface area contributed by atoms with Crippen molar-refractivity contribution >= 4 is 24.2 Å². The largest absolute Gasteiger partial charge is 0.493 e. The molecule has 0 aromatic heterocycles. The van der Waals surface area contributed by atoms with Crippen LogP contribution in [0, 0.1) is 0 Å². The number of hydrogen-bond acceptors (Lipinski definition) is 3. The highest BCUT2D eigenvalue weighted by Crippen LogP contribution is 2.38. The zero-order valence-electron chi connectivity index (χ0n) is 13.5. The molecule has 1 rings (SSSR count). The molecule has 0 aliphatic carbocycles. The Kier molecular flexibility index (Phi) is 5.69. The van der Waals surface area contributed by atoms with Gasteiger partial charge in [0, 0.05) is 4.47 Å². The van der Waals surface area contributed by atoms with Gasteiger partial charge in [-0.2, -0.15) is 0 Å². The Balaban J connectivity index is 2.94. The first-order valence-corrected chi connectivity index (χ1v) is 10.4. The first kappa shape index (κ1) is 17.5. The minimum Gasteiger partial charge on any atom is -0.493 e. The third-order valence-corrected chi connectivity index (χ3v) is 9.16. The van der Waals surface area contributed by atoms with Crippen LogP contribution in [0.15, 0.2) is 16.6 Å². The summed E-state index contributed by atoms with van der Waals surface area (Å²) < 4.78 is 17.9. The van der Waals surface area contributed by atoms with Crippen LogP contribution in [0.3, 0.4) is 0 Å². The lowest BCUT2D eigenvalue weighted by molar-refractivity contribution is 0.274. The summed E-state index contributed by atoms with van der Waals surface area (Å²) in [5, 5.41) is 0.204. The van der Waals surface area contributed by atoms with Crippen molar-refractivity contribution in [1.82, 2.24) is 0 Å². The lowest BCUT2D eigenvalue weighted by Gasteiger charge is -2.36. The van der Waals surface area contributed by atoms with Crippen molar-refractivity contribution in [3.05, 3.63) is 22.2 Å². The molecule has 0 saturated heterocycles. The monoisotopic (exact) mass is 360 g/mol. The van der Waals surface area contributed by atoms with Crippen molar-refractivity contribution in [3.63, 3.8) is 0 Å². The third-order valence-electron chi connectivity index (χ3n) is 3.95. The topological polar surface area (TPSA) is 27.7 Å². The van der Waals surface area contributed by atoms with Crippen LogP contribution in [0.2, 0.25) is 18.1 Å². The minimum atomic E-state index is -1.75. The molecule has 3 nitrogen and oxygen atoms in total. The van der Waals surface area contributed by atoms with Crippen molar-refractivity contribution < 1.29 is 13.9 Å². The Hall–Kier alpha value is -0.523. The zero-order valence-corrected chi connectivity index (χ0v) is 16.1. The first-order chi connectivity index (χ1) is 9.12. The van der Waals surface area contributed by atoms with E-state index in [-0.39, 0.29) is 5.04 Å². The van der Waals surface area contributed by atoms with Crippen molar-refractivity contribution in [3.8, 4) is 11.5 Å². The molecule has 0 aliphatic rings. The second-order valence-corrected chi connectivity index (χ2v) is 12.0. The molecule has 0 N–H and O–H groups in total. The number of halogens is 1. The van der Waals surface area contributed by atoms with E-state index in [1.165, 1.54) is 0 Å². The Bertz CT molecular complexity index is 467. The van der Waals surface area contributed by atoms with Gasteiger partial charge in [-0.1, -0.05) is 36.7 Å². The van der Waals surface area contributed by atoms with Gasteiger partial charge >= 0.3 is 0 Å². The van der Waals surface area contributed by atoms with Crippen LogP contribution in [0.25, 0.3) is 0 Å². The first-order valence-electron chi connectivity index (χ1n) is 6.66. The van der Waals surface area contributed by atoms with E-state index in [0.717, 1.165) is 21.5 Å². The van der Waals surface area contributed by atoms with E-state index in [0.29, 0.717) is 6.61 Å². The summed E-state index contributed by atoms with van der Waals surface area (Å²) in [6.07, 6.45) is 0. The van der Waals surface area contributed by atoms with Gasteiger partial charge in [-0.25, -0.2) is 0 Å². The molecular formula is C15H25BrO3Si. The quantitative estimate of drug-likeness (QED) is 0.692. The van der Waals surface area contributed by atoms with Gasteiger partial charge in [0.25, 0.3) is 0 Å². The average molecular weight is 361 g/mol. The molecule has 0 fully saturated rings. The van der Waals surface area contributed by atoms with E-state index < -0.39 is 8.32 Å². The zero-order chi connectivity index (χ0) is 15.6. The van der Waals surface area contributed by atoms with E-state index in [4.69, 9.17) is 13.9 Å². The number of hydrogen-bond donors (Lipinski definition) is 0. The Morgan fingerprint density at radius 2 is 1.55 bits per heavy atom. The van der Waals surface area contributed by atoms with E-state index >= 15 is 0 Å². The van der Waals surface area contributed by atoms with E-state index in [1.54, 1.807) is 14.2 Å². The summed E-state index contributed by atoms with van der Waals surface area (Å²) in [5.74, 6) is 1.44. The second kappa shape index (κ2) is 6.50. The number of ether oxygens (including phenoxy) is 2. The summed E-state index contributed by atoms with van der Waals surface area (Å²) in [5.41, 5.74) is 1.08. The molecule has 0 unspecified atom stereocenters. The lowest BCUT2D eigenvalue weighted by Crippen LogP contribution is -2.40. The molecular weight excluding hydrogens is 336 g/mol. The van der Waals surface area contributed by atoms with Crippen LogP contribution in [-0.4, -0.2) is 22.5 Å². The minimum absolute atomic E-state index is 0.204. The van der Waals surface area contributed by atoms with Gasteiger partial charge in [0.05, 0.1) is 20.8 Å². The van der Waals surface area contributed by atoms with Crippen molar-refractivity contribution in [2.75, 3.05) is 14.2 Å². The number of rotatable bonds is 5. The Morgan fingerprint density at radius 1 is 1.05 bits per heavy atom. The predicted octanol–water partition coefficient (Wildman–Crippen LogP) is 4.99. The van der Waals surface area contributed by atoms with E-state index in [1.807, 2.05) is 12.1 Å². The van der Waals surface area contributed by atoms with E-state index in [9.17, 15) is 0 Å². The molecule has 0 spiro atoms. The highest BCUT2D eigenvalue weighted by Gasteiger charge is 2.37. The van der Waals surface area contributed by atoms with E-state index in [2.05, 4.69) is 49.8 Å². The normalized spacial score (nSPS) is 12.4. The van der Waals surface area contributed by atoms with Gasteiger partial charge in [-0.3, -0.25) is 0 Å². The predicted molar refractivity (Wildman–Crippen MR) is 89.2 cm³/mol. The summed E-state index contributed by atoms with van der Waals surface area (Å²) in [6, 6.07) is 3.89. The molecule has 0 bridgehead atoms. The van der Waals surface area contributed by atoms with Gasteiger partial charge < -0.3 is 13.9 Å². The fraction of sp³-hybridized carbons (Fsp3) is 0.600. The molecule has 0 heterocycles. The maximum absolute atomic E-state index is 6.25. The van der Waals surface area contributed by atoms with Gasteiger partial charge in [0.15, 0.2) is 19.8 Å². The maximum atomic E-state index is 6.25. The molecule has 0 saturated carbocycles. The van der Waals surface area contributed by atoms with Gasteiger partial charge in [-0.05, 0) is 35.8 Å².